The summed E-state index contributed by atoms with van der Waals surface area (Å²) in [6.07, 6.45) is 13.3. The first-order valence-corrected chi connectivity index (χ1v) is 10.8. The topological polar surface area (TPSA) is 53.6 Å². The summed E-state index contributed by atoms with van der Waals surface area (Å²) in [6, 6.07) is 0.557. The lowest BCUT2D eigenvalue weighted by atomic mass is 9.80. The van der Waals surface area contributed by atoms with Crippen molar-refractivity contribution in [1.29, 1.82) is 0 Å². The van der Waals surface area contributed by atoms with E-state index in [-0.39, 0.29) is 5.54 Å². The van der Waals surface area contributed by atoms with Crippen molar-refractivity contribution in [3.63, 3.8) is 0 Å². The number of nitrogens with two attached hydrogens (primary N) is 1. The number of thioether (sulfide) groups is 1. The van der Waals surface area contributed by atoms with E-state index in [2.05, 4.69) is 22.0 Å². The van der Waals surface area contributed by atoms with Gasteiger partial charge in [0, 0.05) is 36.2 Å². The zero-order valence-electron chi connectivity index (χ0n) is 14.6. The molecule has 0 unspecified atom stereocenters. The van der Waals surface area contributed by atoms with Crippen LogP contribution in [0.3, 0.4) is 0 Å². The maximum Gasteiger partial charge on any atom is 0.188 e. The smallest absolute Gasteiger partial charge is 0.188 e. The first-order valence-electron chi connectivity index (χ1n) is 9.68. The molecule has 3 aliphatic rings. The average Bonchev–Trinajstić information content (AvgIpc) is 2.62. The zero-order valence-corrected chi connectivity index (χ0v) is 15.4. The molecule has 1 saturated heterocycles. The summed E-state index contributed by atoms with van der Waals surface area (Å²) in [6.45, 7) is 3.36. The maximum absolute atomic E-state index is 6.23. The molecular weight excluding hydrogens is 304 g/mol. The SMILES string of the molecule is NC(=NCC1(N2CCSCC2)CCCCC1)NC1CCCCC1. The first-order chi connectivity index (χ1) is 11.3. The molecule has 2 saturated carbocycles. The molecule has 0 spiro atoms. The van der Waals surface area contributed by atoms with Gasteiger partial charge in [-0.25, -0.2) is 0 Å². The fourth-order valence-electron chi connectivity index (χ4n) is 4.56. The average molecular weight is 339 g/mol. The fraction of sp³-hybridized carbons (Fsp3) is 0.944. The van der Waals surface area contributed by atoms with Crippen LogP contribution < -0.4 is 11.1 Å². The quantitative estimate of drug-likeness (QED) is 0.611. The molecule has 0 amide bonds. The van der Waals surface area contributed by atoms with Crippen LogP contribution in [0.15, 0.2) is 4.99 Å². The lowest BCUT2D eigenvalue weighted by Crippen LogP contribution is -2.55. The van der Waals surface area contributed by atoms with Gasteiger partial charge in [0.2, 0.25) is 0 Å². The Labute approximate surface area is 146 Å². The van der Waals surface area contributed by atoms with Gasteiger partial charge in [-0.1, -0.05) is 38.5 Å². The largest absolute Gasteiger partial charge is 0.370 e. The molecule has 0 aromatic rings. The van der Waals surface area contributed by atoms with Crippen LogP contribution in [0.4, 0.5) is 0 Å². The Morgan fingerprint density at radius 2 is 1.70 bits per heavy atom. The van der Waals surface area contributed by atoms with Crippen LogP contribution in [-0.2, 0) is 0 Å². The highest BCUT2D eigenvalue weighted by molar-refractivity contribution is 7.99. The van der Waals surface area contributed by atoms with Crippen molar-refractivity contribution >= 4 is 17.7 Å². The number of guanidine groups is 1. The molecule has 3 N–H and O–H groups in total. The monoisotopic (exact) mass is 338 g/mol. The number of hydrogen-bond acceptors (Lipinski definition) is 3. The van der Waals surface area contributed by atoms with Gasteiger partial charge in [-0.15, -0.1) is 0 Å². The Hall–Kier alpha value is -0.420. The Bertz CT molecular complexity index is 380. The highest BCUT2D eigenvalue weighted by Gasteiger charge is 2.38. The van der Waals surface area contributed by atoms with E-state index in [9.17, 15) is 0 Å². The lowest BCUT2D eigenvalue weighted by Gasteiger charge is -2.47. The second-order valence-corrected chi connectivity index (χ2v) is 8.79. The van der Waals surface area contributed by atoms with Gasteiger partial charge in [-0.05, 0) is 25.7 Å². The van der Waals surface area contributed by atoms with Crippen molar-refractivity contribution in [2.24, 2.45) is 10.7 Å². The number of rotatable bonds is 4. The van der Waals surface area contributed by atoms with E-state index >= 15 is 0 Å². The number of hydrogen-bond donors (Lipinski definition) is 2. The molecule has 4 nitrogen and oxygen atoms in total. The van der Waals surface area contributed by atoms with Gasteiger partial charge in [0.05, 0.1) is 6.54 Å². The highest BCUT2D eigenvalue weighted by atomic mass is 32.2. The molecule has 0 aromatic carbocycles. The molecule has 0 bridgehead atoms. The predicted octanol–water partition coefficient (Wildman–Crippen LogP) is 2.98. The van der Waals surface area contributed by atoms with Crippen LogP contribution in [0.5, 0.6) is 0 Å². The Morgan fingerprint density at radius 1 is 1.04 bits per heavy atom. The molecule has 3 fully saturated rings. The number of nitrogens with zero attached hydrogens (tertiary/aromatic N) is 2. The van der Waals surface area contributed by atoms with Crippen LogP contribution in [0.25, 0.3) is 0 Å². The Morgan fingerprint density at radius 3 is 2.39 bits per heavy atom. The van der Waals surface area contributed by atoms with E-state index in [4.69, 9.17) is 10.7 Å². The summed E-state index contributed by atoms with van der Waals surface area (Å²) in [4.78, 5) is 7.56. The summed E-state index contributed by atoms with van der Waals surface area (Å²) >= 11 is 2.09. The second kappa shape index (κ2) is 8.61. The molecule has 0 aromatic heterocycles. The van der Waals surface area contributed by atoms with E-state index in [1.54, 1.807) is 0 Å². The summed E-state index contributed by atoms with van der Waals surface area (Å²) in [5.74, 6) is 3.25. The van der Waals surface area contributed by atoms with Gasteiger partial charge >= 0.3 is 0 Å². The molecule has 0 atom stereocenters. The number of aliphatic imine (C=N–C) groups is 1. The van der Waals surface area contributed by atoms with Crippen molar-refractivity contribution in [3.8, 4) is 0 Å². The molecule has 3 rings (SSSR count). The third-order valence-electron chi connectivity index (χ3n) is 5.97. The van der Waals surface area contributed by atoms with E-state index in [0.29, 0.717) is 12.0 Å². The van der Waals surface area contributed by atoms with Crippen LogP contribution >= 0.6 is 11.8 Å². The summed E-state index contributed by atoms with van der Waals surface area (Å²) in [5, 5.41) is 3.48. The predicted molar refractivity (Wildman–Crippen MR) is 101 cm³/mol. The van der Waals surface area contributed by atoms with Gasteiger partial charge in [-0.3, -0.25) is 9.89 Å². The minimum atomic E-state index is 0.290. The molecule has 0 radical (unpaired) electrons. The highest BCUT2D eigenvalue weighted by Crippen LogP contribution is 2.35. The first kappa shape index (κ1) is 17.4. The van der Waals surface area contributed by atoms with Gasteiger partial charge < -0.3 is 11.1 Å². The summed E-state index contributed by atoms with van der Waals surface area (Å²) in [7, 11) is 0. The van der Waals surface area contributed by atoms with Gasteiger partial charge in [-0.2, -0.15) is 11.8 Å². The molecule has 5 heteroatoms. The van der Waals surface area contributed by atoms with Crippen LogP contribution in [0, 0.1) is 0 Å². The third kappa shape index (κ3) is 4.79. The van der Waals surface area contributed by atoms with Crippen molar-refractivity contribution in [2.45, 2.75) is 75.8 Å². The molecular formula is C18H34N4S. The summed E-state index contributed by atoms with van der Waals surface area (Å²) < 4.78 is 0. The Balaban J connectivity index is 1.59. The molecule has 23 heavy (non-hydrogen) atoms. The molecule has 2 aliphatic carbocycles. The molecule has 1 heterocycles. The fourth-order valence-corrected chi connectivity index (χ4v) is 5.46. The van der Waals surface area contributed by atoms with E-state index in [0.717, 1.165) is 6.54 Å². The second-order valence-electron chi connectivity index (χ2n) is 7.57. The van der Waals surface area contributed by atoms with Crippen molar-refractivity contribution < 1.29 is 0 Å². The standard InChI is InChI=1S/C18H34N4S/c19-17(21-16-7-3-1-4-8-16)20-15-18(9-5-2-6-10-18)22-11-13-23-14-12-22/h16H,1-15H2,(H3,19,20,21). The zero-order chi connectivity index (χ0) is 16.0. The van der Waals surface area contributed by atoms with E-state index in [1.165, 1.54) is 88.8 Å². The van der Waals surface area contributed by atoms with Gasteiger partial charge in [0.15, 0.2) is 5.96 Å². The van der Waals surface area contributed by atoms with Crippen LogP contribution in [-0.4, -0.2) is 53.6 Å². The molecule has 132 valence electrons. The van der Waals surface area contributed by atoms with E-state index < -0.39 is 0 Å². The maximum atomic E-state index is 6.23. The van der Waals surface area contributed by atoms with Crippen molar-refractivity contribution in [2.75, 3.05) is 31.1 Å². The van der Waals surface area contributed by atoms with Crippen LogP contribution in [0.2, 0.25) is 0 Å². The third-order valence-corrected chi connectivity index (χ3v) is 6.91. The van der Waals surface area contributed by atoms with Gasteiger partial charge in [0.25, 0.3) is 0 Å². The van der Waals surface area contributed by atoms with E-state index in [1.807, 2.05) is 0 Å². The molecule has 1 aliphatic heterocycles. The van der Waals surface area contributed by atoms with Crippen LogP contribution in [0.1, 0.15) is 64.2 Å². The minimum Gasteiger partial charge on any atom is -0.370 e. The Kier molecular flexibility index (Phi) is 6.52. The summed E-state index contributed by atoms with van der Waals surface area (Å²) in [5.41, 5.74) is 6.52. The number of nitrogens with one attached hydrogen (secondary N) is 1. The van der Waals surface area contributed by atoms with Crippen molar-refractivity contribution in [1.82, 2.24) is 10.2 Å². The lowest BCUT2D eigenvalue weighted by molar-refractivity contribution is 0.0672. The normalized spacial score (nSPS) is 27.7. The minimum absolute atomic E-state index is 0.290. The van der Waals surface area contributed by atoms with Crippen molar-refractivity contribution in [3.05, 3.63) is 0 Å². The van der Waals surface area contributed by atoms with Gasteiger partial charge in [0.1, 0.15) is 0 Å².